The van der Waals surface area contributed by atoms with E-state index in [0.717, 1.165) is 5.56 Å². The molecule has 3 atom stereocenters. The number of hydrogen-bond acceptors (Lipinski definition) is 3. The van der Waals surface area contributed by atoms with Gasteiger partial charge in [0.15, 0.2) is 0 Å². The van der Waals surface area contributed by atoms with Crippen molar-refractivity contribution in [2.75, 3.05) is 0 Å². The van der Waals surface area contributed by atoms with Crippen molar-refractivity contribution < 1.29 is 15.3 Å². The Bertz CT molecular complexity index is 356. The van der Waals surface area contributed by atoms with Crippen molar-refractivity contribution in [2.45, 2.75) is 24.5 Å². The first-order valence-electron chi connectivity index (χ1n) is 5.00. The molecule has 0 bridgehead atoms. The van der Waals surface area contributed by atoms with Crippen LogP contribution in [0.25, 0.3) is 0 Å². The first kappa shape index (κ1) is 10.2. The first-order valence-corrected chi connectivity index (χ1v) is 5.00. The fourth-order valence-electron chi connectivity index (χ4n) is 1.86. The van der Waals surface area contributed by atoms with Gasteiger partial charge in [0.1, 0.15) is 5.75 Å². The van der Waals surface area contributed by atoms with E-state index in [1.165, 1.54) is 0 Å². The van der Waals surface area contributed by atoms with Gasteiger partial charge in [0.05, 0.1) is 12.2 Å². The maximum absolute atomic E-state index is 9.80. The Hall–Kier alpha value is -1.32. The van der Waals surface area contributed by atoms with Crippen molar-refractivity contribution in [1.82, 2.24) is 0 Å². The molecule has 0 aromatic heterocycles. The zero-order chi connectivity index (χ0) is 10.8. The molecule has 0 spiro atoms. The number of rotatable bonds is 1. The first-order chi connectivity index (χ1) is 7.18. The minimum absolute atomic E-state index is 0.186. The van der Waals surface area contributed by atoms with Gasteiger partial charge in [-0.2, -0.15) is 0 Å². The molecule has 2 rings (SSSR count). The van der Waals surface area contributed by atoms with Gasteiger partial charge in [0, 0.05) is 5.92 Å². The van der Waals surface area contributed by atoms with Gasteiger partial charge in [0.25, 0.3) is 0 Å². The van der Waals surface area contributed by atoms with Crippen molar-refractivity contribution in [3.05, 3.63) is 42.0 Å². The Kier molecular flexibility index (Phi) is 2.75. The molecule has 0 unspecified atom stereocenters. The van der Waals surface area contributed by atoms with Crippen LogP contribution in [0.4, 0.5) is 0 Å². The molecule has 1 aromatic carbocycles. The monoisotopic (exact) mass is 206 g/mol. The van der Waals surface area contributed by atoms with Crippen LogP contribution < -0.4 is 0 Å². The lowest BCUT2D eigenvalue weighted by molar-refractivity contribution is 0.00820. The molecule has 0 saturated heterocycles. The van der Waals surface area contributed by atoms with E-state index in [0.29, 0.717) is 6.42 Å². The number of aliphatic hydroxyl groups is 2. The third-order valence-corrected chi connectivity index (χ3v) is 2.76. The second-order valence-corrected chi connectivity index (χ2v) is 3.84. The molecule has 3 heteroatoms. The van der Waals surface area contributed by atoms with Crippen molar-refractivity contribution in [1.29, 1.82) is 0 Å². The summed E-state index contributed by atoms with van der Waals surface area (Å²) in [7, 11) is 0. The molecule has 1 aliphatic rings. The lowest BCUT2D eigenvalue weighted by atomic mass is 9.85. The largest absolute Gasteiger partial charge is 0.508 e. The maximum Gasteiger partial charge on any atom is 0.115 e. The molecule has 0 amide bonds. The summed E-state index contributed by atoms with van der Waals surface area (Å²) in [5, 5.41) is 28.5. The Morgan fingerprint density at radius 1 is 1.07 bits per heavy atom. The summed E-state index contributed by atoms with van der Waals surface area (Å²) in [6.07, 6.45) is 2.79. The zero-order valence-corrected chi connectivity index (χ0v) is 8.24. The molecule has 0 saturated carbocycles. The van der Waals surface area contributed by atoms with Gasteiger partial charge in [-0.25, -0.2) is 0 Å². The number of phenolic OH excluding ortho intramolecular Hbond substituents is 1. The molecule has 0 aliphatic heterocycles. The van der Waals surface area contributed by atoms with Crippen LogP contribution in [-0.4, -0.2) is 27.5 Å². The second kappa shape index (κ2) is 4.04. The van der Waals surface area contributed by atoms with Crippen LogP contribution in [-0.2, 0) is 0 Å². The summed E-state index contributed by atoms with van der Waals surface area (Å²) < 4.78 is 0. The molecule has 0 fully saturated rings. The molecule has 1 aliphatic carbocycles. The molecular formula is C12H14O3. The van der Waals surface area contributed by atoms with E-state index >= 15 is 0 Å². The Balaban J connectivity index is 2.26. The van der Waals surface area contributed by atoms with Crippen molar-refractivity contribution >= 4 is 0 Å². The number of phenols is 1. The van der Waals surface area contributed by atoms with E-state index < -0.39 is 12.2 Å². The highest BCUT2D eigenvalue weighted by Crippen LogP contribution is 2.29. The summed E-state index contributed by atoms with van der Waals surface area (Å²) >= 11 is 0. The van der Waals surface area contributed by atoms with E-state index in [2.05, 4.69) is 0 Å². The molecule has 3 nitrogen and oxygen atoms in total. The molecular weight excluding hydrogens is 192 g/mol. The zero-order valence-electron chi connectivity index (χ0n) is 8.24. The highest BCUT2D eigenvalue weighted by molar-refractivity contribution is 5.32. The normalized spacial score (nSPS) is 30.4. The van der Waals surface area contributed by atoms with Crippen molar-refractivity contribution in [3.8, 4) is 5.75 Å². The topological polar surface area (TPSA) is 60.7 Å². The van der Waals surface area contributed by atoms with Gasteiger partial charge in [-0.05, 0) is 24.1 Å². The third kappa shape index (κ3) is 2.03. The average molecular weight is 206 g/mol. The number of benzene rings is 1. The quantitative estimate of drug-likeness (QED) is 0.604. The number of aromatic hydroxyl groups is 1. The van der Waals surface area contributed by atoms with Crippen LogP contribution >= 0.6 is 0 Å². The van der Waals surface area contributed by atoms with Crippen LogP contribution in [0.2, 0.25) is 0 Å². The third-order valence-electron chi connectivity index (χ3n) is 2.76. The minimum Gasteiger partial charge on any atom is -0.508 e. The van der Waals surface area contributed by atoms with Crippen LogP contribution in [0, 0.1) is 0 Å². The van der Waals surface area contributed by atoms with Gasteiger partial charge >= 0.3 is 0 Å². The summed E-state index contributed by atoms with van der Waals surface area (Å²) in [4.78, 5) is 0. The smallest absolute Gasteiger partial charge is 0.115 e. The fourth-order valence-corrected chi connectivity index (χ4v) is 1.86. The van der Waals surface area contributed by atoms with Gasteiger partial charge in [0.2, 0.25) is 0 Å². The Morgan fingerprint density at radius 3 is 2.40 bits per heavy atom. The summed E-state index contributed by atoms with van der Waals surface area (Å²) in [5.41, 5.74) is 0.898. The summed E-state index contributed by atoms with van der Waals surface area (Å²) in [6.45, 7) is 0. The van der Waals surface area contributed by atoms with E-state index in [9.17, 15) is 10.2 Å². The molecule has 0 radical (unpaired) electrons. The lowest BCUT2D eigenvalue weighted by Crippen LogP contribution is -2.33. The van der Waals surface area contributed by atoms with Gasteiger partial charge in [-0.1, -0.05) is 24.3 Å². The molecule has 0 heterocycles. The second-order valence-electron chi connectivity index (χ2n) is 3.84. The summed E-state index contributed by atoms with van der Waals surface area (Å²) in [5.74, 6) is 0.0166. The van der Waals surface area contributed by atoms with E-state index in [-0.39, 0.29) is 11.7 Å². The highest BCUT2D eigenvalue weighted by Gasteiger charge is 2.27. The fraction of sp³-hybridized carbons (Fsp3) is 0.333. The molecule has 15 heavy (non-hydrogen) atoms. The van der Waals surface area contributed by atoms with Crippen LogP contribution in [0.1, 0.15) is 17.9 Å². The summed E-state index contributed by atoms with van der Waals surface area (Å²) in [6, 6.07) is 6.67. The van der Waals surface area contributed by atoms with Crippen molar-refractivity contribution in [2.24, 2.45) is 0 Å². The molecule has 80 valence electrons. The minimum atomic E-state index is -0.764. The Labute approximate surface area is 88.3 Å². The van der Waals surface area contributed by atoms with E-state index in [4.69, 9.17) is 5.11 Å². The molecule has 1 aromatic rings. The van der Waals surface area contributed by atoms with Crippen molar-refractivity contribution in [3.63, 3.8) is 0 Å². The standard InChI is InChI=1S/C12H14O3/c13-9-6-4-8(5-7-9)10-2-1-3-11(14)12(10)15/h1-2,4-7,10-15H,3H2/t10-,11+,12-/m1/s1. The maximum atomic E-state index is 9.80. The predicted octanol–water partition coefficient (Wildman–Crippen LogP) is 1.16. The lowest BCUT2D eigenvalue weighted by Gasteiger charge is -2.27. The molecule has 3 N–H and O–H groups in total. The van der Waals surface area contributed by atoms with Gasteiger partial charge in [-0.3, -0.25) is 0 Å². The van der Waals surface area contributed by atoms with Crippen LogP contribution in [0.3, 0.4) is 0 Å². The van der Waals surface area contributed by atoms with Gasteiger partial charge < -0.3 is 15.3 Å². The predicted molar refractivity (Wildman–Crippen MR) is 56.6 cm³/mol. The Morgan fingerprint density at radius 2 is 1.73 bits per heavy atom. The van der Waals surface area contributed by atoms with E-state index in [1.807, 2.05) is 12.2 Å². The average Bonchev–Trinajstić information content (AvgIpc) is 2.24. The number of hydrogen-bond donors (Lipinski definition) is 3. The SMILES string of the molecule is Oc1ccc([C@H]2C=CC[C@H](O)[C@@H]2O)cc1. The number of aliphatic hydroxyl groups excluding tert-OH is 2. The van der Waals surface area contributed by atoms with Gasteiger partial charge in [-0.15, -0.1) is 0 Å². The highest BCUT2D eigenvalue weighted by atomic mass is 16.3. The van der Waals surface area contributed by atoms with Crippen LogP contribution in [0.15, 0.2) is 36.4 Å². The van der Waals surface area contributed by atoms with E-state index in [1.54, 1.807) is 24.3 Å². The van der Waals surface area contributed by atoms with Crippen LogP contribution in [0.5, 0.6) is 5.75 Å².